The maximum atomic E-state index is 14.3. The van der Waals surface area contributed by atoms with Crippen LogP contribution in [0.4, 0.5) is 28.1 Å². The summed E-state index contributed by atoms with van der Waals surface area (Å²) in [5.41, 5.74) is 6.92. The molecule has 3 aliphatic rings. The fraction of sp³-hybridized carbons (Fsp3) is 0.404. The number of ether oxygens (including phenoxy) is 3. The number of benzene rings is 3. The molecule has 2 fully saturated rings. The molecule has 0 bridgehead atoms. The third-order valence-corrected chi connectivity index (χ3v) is 17.2. The second-order valence-electron chi connectivity index (χ2n) is 20.4. The fourth-order valence-electron chi connectivity index (χ4n) is 10.5. The molecule has 7 aromatic rings. The number of nitriles is 1. The lowest BCUT2D eigenvalue weighted by atomic mass is 10.0. The van der Waals surface area contributed by atoms with Gasteiger partial charge in [0.15, 0.2) is 17.0 Å². The molecule has 3 aromatic carbocycles. The Labute approximate surface area is 465 Å². The highest BCUT2D eigenvalue weighted by Crippen LogP contribution is 2.38. The molecule has 79 heavy (non-hydrogen) atoms. The number of pyridine rings is 1. The first-order chi connectivity index (χ1) is 38.3. The van der Waals surface area contributed by atoms with Gasteiger partial charge in [-0.25, -0.2) is 18.2 Å². The third-order valence-electron chi connectivity index (χ3n) is 14.9. The molecule has 3 aliphatic heterocycles. The van der Waals surface area contributed by atoms with Crippen molar-refractivity contribution in [2.75, 3.05) is 80.0 Å². The van der Waals surface area contributed by atoms with Crippen LogP contribution in [0.15, 0.2) is 103 Å². The Balaban J connectivity index is 0.778. The van der Waals surface area contributed by atoms with Gasteiger partial charge >= 0.3 is 12.2 Å². The maximum Gasteiger partial charge on any atom is 0.508 e. The van der Waals surface area contributed by atoms with Gasteiger partial charge in [0.25, 0.3) is 0 Å². The van der Waals surface area contributed by atoms with Crippen molar-refractivity contribution < 1.29 is 27.4 Å². The van der Waals surface area contributed by atoms with E-state index >= 15 is 0 Å². The lowest BCUT2D eigenvalue weighted by molar-refractivity contribution is 0.0593. The topological polar surface area (TPSA) is 222 Å². The summed E-state index contributed by atoms with van der Waals surface area (Å²) in [4.78, 5) is 48.1. The summed E-state index contributed by atoms with van der Waals surface area (Å²) in [6, 6.07) is 27.5. The molecule has 7 heterocycles. The Morgan fingerprint density at radius 3 is 2.51 bits per heavy atom. The average molecular weight is 1110 g/mol. The van der Waals surface area contributed by atoms with Crippen LogP contribution in [-0.4, -0.2) is 136 Å². The Bertz CT molecular complexity index is 3480. The number of fused-ring (bicyclic) bond motifs is 3. The van der Waals surface area contributed by atoms with Crippen molar-refractivity contribution >= 4 is 73.0 Å². The number of sulfonamides is 1. The van der Waals surface area contributed by atoms with E-state index in [1.807, 2.05) is 90.9 Å². The SMILES string of the molecule is C=C(COC(=O)OC[C@@H](CC)Nc1nc(NCc2ccc(-c3ccccn3)cc2)c2ncn(C(C)C)c2n1)S(=O)(=O)N1CCN(c2nc(OC[C@@H]3CCCN3C)nc3c2CCN(c2cccc4cccc(Cl)c24)C3)CC1CC#N. The predicted octanol–water partition coefficient (Wildman–Crippen LogP) is 9.01. The first-order valence-electron chi connectivity index (χ1n) is 26.8. The lowest BCUT2D eigenvalue weighted by Gasteiger charge is -2.41. The van der Waals surface area contributed by atoms with Gasteiger partial charge in [-0.05, 0) is 88.3 Å². The van der Waals surface area contributed by atoms with Gasteiger partial charge in [0.05, 0.1) is 58.8 Å². The molecule has 22 heteroatoms. The van der Waals surface area contributed by atoms with E-state index in [0.29, 0.717) is 72.9 Å². The van der Waals surface area contributed by atoms with Crippen molar-refractivity contribution in [2.24, 2.45) is 0 Å². The highest BCUT2D eigenvalue weighted by molar-refractivity contribution is 7.93. The number of anilines is 4. The molecule has 3 atom stereocenters. The van der Waals surface area contributed by atoms with Crippen molar-refractivity contribution in [3.05, 3.63) is 125 Å². The van der Waals surface area contributed by atoms with Gasteiger partial charge in [0, 0.05) is 73.2 Å². The van der Waals surface area contributed by atoms with E-state index in [1.165, 1.54) is 4.31 Å². The summed E-state index contributed by atoms with van der Waals surface area (Å²) in [5.74, 6) is 1.49. The Morgan fingerprint density at radius 2 is 1.76 bits per heavy atom. The molecule has 412 valence electrons. The molecule has 0 radical (unpaired) electrons. The van der Waals surface area contributed by atoms with Crippen LogP contribution >= 0.6 is 11.6 Å². The highest BCUT2D eigenvalue weighted by Gasteiger charge is 2.39. The average Bonchev–Trinajstić information content (AvgIpc) is 4.11. The van der Waals surface area contributed by atoms with Crippen LogP contribution in [0, 0.1) is 11.3 Å². The van der Waals surface area contributed by atoms with E-state index in [9.17, 15) is 18.5 Å². The Kier molecular flexibility index (Phi) is 16.7. The van der Waals surface area contributed by atoms with Crippen LogP contribution in [0.1, 0.15) is 69.3 Å². The minimum absolute atomic E-state index is 0.0211. The van der Waals surface area contributed by atoms with Gasteiger partial charge in [-0.15, -0.1) is 0 Å². The summed E-state index contributed by atoms with van der Waals surface area (Å²) >= 11 is 6.79. The van der Waals surface area contributed by atoms with Crippen LogP contribution in [0.3, 0.4) is 0 Å². The number of carbonyl (C=O) groups is 1. The molecule has 0 spiro atoms. The molecule has 0 amide bonds. The normalized spacial score (nSPS) is 17.4. The molecular weight excluding hydrogens is 1040 g/mol. The van der Waals surface area contributed by atoms with Gasteiger partial charge in [-0.2, -0.15) is 29.5 Å². The summed E-state index contributed by atoms with van der Waals surface area (Å²) in [5, 5.41) is 19.5. The zero-order valence-corrected chi connectivity index (χ0v) is 46.5. The van der Waals surface area contributed by atoms with Crippen LogP contribution in [0.2, 0.25) is 5.02 Å². The second kappa shape index (κ2) is 24.2. The van der Waals surface area contributed by atoms with Crippen LogP contribution in [0.5, 0.6) is 6.01 Å². The monoisotopic (exact) mass is 1110 g/mol. The summed E-state index contributed by atoms with van der Waals surface area (Å²) < 4.78 is 49.1. The summed E-state index contributed by atoms with van der Waals surface area (Å²) in [6.07, 6.45) is 5.55. The molecule has 2 N–H and O–H groups in total. The quantitative estimate of drug-likeness (QED) is 0.0680. The molecule has 0 aliphatic carbocycles. The van der Waals surface area contributed by atoms with E-state index < -0.39 is 34.9 Å². The zero-order valence-electron chi connectivity index (χ0n) is 44.9. The van der Waals surface area contributed by atoms with E-state index in [-0.39, 0.29) is 55.7 Å². The van der Waals surface area contributed by atoms with Gasteiger partial charge in [-0.1, -0.05) is 79.7 Å². The minimum atomic E-state index is -4.28. The van der Waals surface area contributed by atoms with Gasteiger partial charge in [0.1, 0.15) is 25.6 Å². The molecular formula is C57H65ClN14O6S. The number of nitrogens with zero attached hydrogens (tertiary/aromatic N) is 12. The van der Waals surface area contributed by atoms with Crippen molar-refractivity contribution in [2.45, 2.75) is 90.1 Å². The predicted molar refractivity (Wildman–Crippen MR) is 306 cm³/mol. The number of rotatable bonds is 20. The first kappa shape index (κ1) is 54.7. The van der Waals surface area contributed by atoms with Crippen molar-refractivity contribution in [3.63, 3.8) is 0 Å². The minimum Gasteiger partial charge on any atom is -0.462 e. The number of carbonyl (C=O) groups excluding carboxylic acids is 1. The van der Waals surface area contributed by atoms with Crippen LogP contribution in [0.25, 0.3) is 33.2 Å². The highest BCUT2D eigenvalue weighted by atomic mass is 35.5. The maximum absolute atomic E-state index is 14.3. The van der Waals surface area contributed by atoms with Gasteiger partial charge in [0.2, 0.25) is 16.0 Å². The number of hydrogen-bond acceptors (Lipinski definition) is 18. The smallest absolute Gasteiger partial charge is 0.462 e. The number of imidazole rings is 1. The summed E-state index contributed by atoms with van der Waals surface area (Å²) in [7, 11) is -2.19. The van der Waals surface area contributed by atoms with Gasteiger partial charge in [-0.3, -0.25) is 4.98 Å². The largest absolute Gasteiger partial charge is 0.508 e. The molecule has 0 saturated carbocycles. The van der Waals surface area contributed by atoms with E-state index in [0.717, 1.165) is 63.9 Å². The van der Waals surface area contributed by atoms with E-state index in [4.69, 9.17) is 45.7 Å². The van der Waals surface area contributed by atoms with Crippen molar-refractivity contribution in [1.82, 2.24) is 43.7 Å². The molecule has 20 nitrogen and oxygen atoms in total. The fourth-order valence-corrected chi connectivity index (χ4v) is 12.1. The molecule has 1 unspecified atom stereocenters. The number of hydrogen-bond donors (Lipinski definition) is 2. The third kappa shape index (κ3) is 12.2. The van der Waals surface area contributed by atoms with Gasteiger partial charge < -0.3 is 44.1 Å². The summed E-state index contributed by atoms with van der Waals surface area (Å²) in [6.45, 7) is 12.5. The van der Waals surface area contributed by atoms with E-state index in [2.05, 4.69) is 68.3 Å². The number of likely N-dealkylation sites (tertiary alicyclic amines) is 1. The molecule has 2 saturated heterocycles. The Morgan fingerprint density at radius 1 is 0.937 bits per heavy atom. The standard InChI is InChI=1S/C57H65ClN14O6S/c1-6-42(63-55-65-52(51-54(66-55)71(36-62-51)37(2)3)61-30-39-18-20-40(21-19-39)47-16-7-8-25-60-47)34-78-57(73)77-33-38(4)79(74,75)72-29-28-70(31-43(72)22-24-59)53-45-23-27-69(49-17-10-13-41-12-9-15-46(58)50(41)49)32-48(45)64-56(67-53)76-35-44-14-11-26-68(44)5/h7-10,12-13,15-21,25,36-37,42-44H,4,6,11,14,22-23,26-35H2,1-3,5H3,(H2,61,63,65,66)/t42-,43?,44+/m1/s1. The number of nitrogens with one attached hydrogen (secondary N) is 2. The van der Waals surface area contributed by atoms with Crippen LogP contribution in [-0.2, 0) is 39.0 Å². The van der Waals surface area contributed by atoms with Crippen LogP contribution < -0.4 is 25.2 Å². The first-order valence-corrected chi connectivity index (χ1v) is 28.6. The number of halogens is 1. The van der Waals surface area contributed by atoms with E-state index in [1.54, 1.807) is 12.5 Å². The van der Waals surface area contributed by atoms with Crippen molar-refractivity contribution in [1.29, 1.82) is 5.26 Å². The zero-order chi connectivity index (χ0) is 55.2. The lowest BCUT2D eigenvalue weighted by Crippen LogP contribution is -2.56. The molecule has 4 aromatic heterocycles. The second-order valence-corrected chi connectivity index (χ2v) is 22.8. The number of aromatic nitrogens is 7. The molecule has 10 rings (SSSR count). The number of likely N-dealkylation sites (N-methyl/N-ethyl adjacent to an activating group) is 1. The van der Waals surface area contributed by atoms with Crippen molar-refractivity contribution in [3.8, 4) is 23.3 Å². The Hall–Kier alpha value is -7.64. The number of piperazine rings is 1.